The normalized spacial score (nSPS) is 13.7. The Hall–Kier alpha value is -3.02. The van der Waals surface area contributed by atoms with Crippen LogP contribution in [0.4, 0.5) is 11.4 Å². The van der Waals surface area contributed by atoms with Crippen molar-refractivity contribution in [2.45, 2.75) is 6.42 Å². The van der Waals surface area contributed by atoms with Gasteiger partial charge in [-0.3, -0.25) is 14.9 Å². The number of nitrogens with zero attached hydrogens (tertiary/aromatic N) is 3. The van der Waals surface area contributed by atoms with E-state index in [0.29, 0.717) is 12.0 Å². The van der Waals surface area contributed by atoms with Gasteiger partial charge < -0.3 is 0 Å². The molecule has 3 rings (SSSR count). The van der Waals surface area contributed by atoms with Crippen molar-refractivity contribution >= 4 is 23.5 Å². The van der Waals surface area contributed by atoms with Crippen LogP contribution >= 0.6 is 0 Å². The van der Waals surface area contributed by atoms with Crippen LogP contribution in [0.5, 0.6) is 0 Å². The van der Waals surface area contributed by atoms with Gasteiger partial charge in [0.1, 0.15) is 0 Å². The number of anilines is 1. The Balaban J connectivity index is 1.83. The number of hydrogen-bond donors (Lipinski definition) is 0. The maximum Gasteiger partial charge on any atom is 0.269 e. The molecule has 0 bridgehead atoms. The summed E-state index contributed by atoms with van der Waals surface area (Å²) in [5.41, 5.74) is 2.44. The SMILES string of the molecule is O=C1Cc2ccccc2N1/N=C\c1ccc([N+](=O)[O-])cc1. The second kappa shape index (κ2) is 5.16. The van der Waals surface area contributed by atoms with Gasteiger partial charge in [0.15, 0.2) is 0 Å². The molecular weight excluding hydrogens is 270 g/mol. The smallest absolute Gasteiger partial charge is 0.269 e. The first-order valence-electron chi connectivity index (χ1n) is 6.34. The number of benzene rings is 2. The Bertz CT molecular complexity index is 738. The fraction of sp³-hybridized carbons (Fsp3) is 0.0667. The van der Waals surface area contributed by atoms with Gasteiger partial charge in [0.2, 0.25) is 0 Å². The van der Waals surface area contributed by atoms with Gasteiger partial charge in [-0.2, -0.15) is 5.10 Å². The van der Waals surface area contributed by atoms with Crippen LogP contribution in [0, 0.1) is 10.1 Å². The van der Waals surface area contributed by atoms with Crippen LogP contribution < -0.4 is 5.01 Å². The van der Waals surface area contributed by atoms with E-state index < -0.39 is 4.92 Å². The summed E-state index contributed by atoms with van der Waals surface area (Å²) in [4.78, 5) is 22.0. The van der Waals surface area contributed by atoms with Crippen LogP contribution in [0.1, 0.15) is 11.1 Å². The zero-order valence-corrected chi connectivity index (χ0v) is 11.0. The molecule has 6 nitrogen and oxygen atoms in total. The standard InChI is InChI=1S/C15H11N3O3/c19-15-9-12-3-1-2-4-14(12)17(15)16-10-11-5-7-13(8-6-11)18(20)21/h1-8,10H,9H2/b16-10-. The number of amides is 1. The molecule has 1 heterocycles. The van der Waals surface area contributed by atoms with Gasteiger partial charge in [-0.15, -0.1) is 0 Å². The van der Waals surface area contributed by atoms with Crippen molar-refractivity contribution in [3.8, 4) is 0 Å². The molecule has 0 unspecified atom stereocenters. The summed E-state index contributed by atoms with van der Waals surface area (Å²) in [5, 5.41) is 16.1. The molecule has 0 N–H and O–H groups in total. The van der Waals surface area contributed by atoms with E-state index in [1.165, 1.54) is 23.4 Å². The Morgan fingerprint density at radius 1 is 1.14 bits per heavy atom. The second-order valence-corrected chi connectivity index (χ2v) is 4.60. The van der Waals surface area contributed by atoms with Crippen LogP contribution in [0.15, 0.2) is 53.6 Å². The van der Waals surface area contributed by atoms with Gasteiger partial charge in [-0.05, 0) is 29.3 Å². The first-order chi connectivity index (χ1) is 10.1. The quantitative estimate of drug-likeness (QED) is 0.493. The summed E-state index contributed by atoms with van der Waals surface area (Å²) in [6.07, 6.45) is 1.86. The lowest BCUT2D eigenvalue weighted by Crippen LogP contribution is -2.20. The minimum Gasteiger partial charge on any atom is -0.272 e. The molecule has 6 heteroatoms. The molecule has 0 radical (unpaired) electrons. The van der Waals surface area contributed by atoms with Gasteiger partial charge in [0, 0.05) is 12.1 Å². The molecule has 1 aliphatic rings. The van der Waals surface area contributed by atoms with Crippen LogP contribution in [0.3, 0.4) is 0 Å². The number of hydrogen-bond acceptors (Lipinski definition) is 4. The number of nitro groups is 1. The minimum atomic E-state index is -0.457. The Morgan fingerprint density at radius 3 is 2.57 bits per heavy atom. The molecule has 104 valence electrons. The number of carbonyl (C=O) groups excluding carboxylic acids is 1. The number of para-hydroxylation sites is 1. The maximum atomic E-state index is 11.9. The molecule has 0 fully saturated rings. The molecule has 0 saturated carbocycles. The number of carbonyl (C=O) groups is 1. The third kappa shape index (κ3) is 2.51. The van der Waals surface area contributed by atoms with Crippen LogP contribution in [0.2, 0.25) is 0 Å². The van der Waals surface area contributed by atoms with Gasteiger partial charge in [-0.1, -0.05) is 18.2 Å². The predicted octanol–water partition coefficient (Wildman–Crippen LogP) is 2.52. The third-order valence-corrected chi connectivity index (χ3v) is 3.22. The summed E-state index contributed by atoms with van der Waals surface area (Å²) in [7, 11) is 0. The number of fused-ring (bicyclic) bond motifs is 1. The van der Waals surface area contributed by atoms with Crippen LogP contribution in [-0.2, 0) is 11.2 Å². The highest BCUT2D eigenvalue weighted by Crippen LogP contribution is 2.28. The van der Waals surface area contributed by atoms with E-state index in [0.717, 1.165) is 11.3 Å². The second-order valence-electron chi connectivity index (χ2n) is 4.60. The van der Waals surface area contributed by atoms with Crippen molar-refractivity contribution in [3.05, 3.63) is 69.8 Å². The first-order valence-corrected chi connectivity index (χ1v) is 6.34. The molecule has 1 aliphatic heterocycles. The van der Waals surface area contributed by atoms with Crippen molar-refractivity contribution in [1.29, 1.82) is 0 Å². The molecule has 0 saturated heterocycles. The van der Waals surface area contributed by atoms with Crippen molar-refractivity contribution in [2.24, 2.45) is 5.10 Å². The summed E-state index contributed by atoms with van der Waals surface area (Å²) < 4.78 is 0. The van der Waals surface area contributed by atoms with Gasteiger partial charge >= 0.3 is 0 Å². The molecule has 2 aromatic rings. The summed E-state index contributed by atoms with van der Waals surface area (Å²) in [6, 6.07) is 13.5. The molecule has 1 amide bonds. The Labute approximate surface area is 120 Å². The van der Waals surface area contributed by atoms with Crippen molar-refractivity contribution < 1.29 is 9.72 Å². The lowest BCUT2D eigenvalue weighted by atomic mass is 10.2. The Kier molecular flexibility index (Phi) is 3.19. The van der Waals surface area contributed by atoms with E-state index in [4.69, 9.17) is 0 Å². The van der Waals surface area contributed by atoms with Crippen molar-refractivity contribution in [3.63, 3.8) is 0 Å². The van der Waals surface area contributed by atoms with Crippen LogP contribution in [0.25, 0.3) is 0 Å². The lowest BCUT2D eigenvalue weighted by Gasteiger charge is -2.09. The molecular formula is C15H11N3O3. The highest BCUT2D eigenvalue weighted by Gasteiger charge is 2.26. The highest BCUT2D eigenvalue weighted by molar-refractivity contribution is 6.02. The summed E-state index contributed by atoms with van der Waals surface area (Å²) >= 11 is 0. The third-order valence-electron chi connectivity index (χ3n) is 3.22. The fourth-order valence-corrected chi connectivity index (χ4v) is 2.17. The molecule has 0 aliphatic carbocycles. The van der Waals surface area contributed by atoms with E-state index in [2.05, 4.69) is 5.10 Å². The summed E-state index contributed by atoms with van der Waals surface area (Å²) in [6.45, 7) is 0. The predicted molar refractivity (Wildman–Crippen MR) is 78.3 cm³/mol. The summed E-state index contributed by atoms with van der Waals surface area (Å²) in [5.74, 6) is -0.0886. The molecule has 0 aromatic heterocycles. The topological polar surface area (TPSA) is 75.8 Å². The van der Waals surface area contributed by atoms with E-state index in [9.17, 15) is 14.9 Å². The van der Waals surface area contributed by atoms with E-state index in [1.54, 1.807) is 12.1 Å². The Morgan fingerprint density at radius 2 is 1.86 bits per heavy atom. The number of non-ortho nitro benzene ring substituents is 1. The van der Waals surface area contributed by atoms with E-state index >= 15 is 0 Å². The highest BCUT2D eigenvalue weighted by atomic mass is 16.6. The van der Waals surface area contributed by atoms with Gasteiger partial charge in [-0.25, -0.2) is 5.01 Å². The molecule has 21 heavy (non-hydrogen) atoms. The number of rotatable bonds is 3. The fourth-order valence-electron chi connectivity index (χ4n) is 2.17. The van der Waals surface area contributed by atoms with E-state index in [1.807, 2.05) is 24.3 Å². The average molecular weight is 281 g/mol. The number of hydrazone groups is 1. The molecule has 0 spiro atoms. The zero-order valence-electron chi connectivity index (χ0n) is 11.0. The molecule has 2 aromatic carbocycles. The maximum absolute atomic E-state index is 11.9. The van der Waals surface area contributed by atoms with Gasteiger partial charge in [0.05, 0.1) is 23.2 Å². The largest absolute Gasteiger partial charge is 0.272 e. The lowest BCUT2D eigenvalue weighted by molar-refractivity contribution is -0.384. The van der Waals surface area contributed by atoms with Crippen molar-refractivity contribution in [1.82, 2.24) is 0 Å². The molecule has 0 atom stereocenters. The van der Waals surface area contributed by atoms with Crippen molar-refractivity contribution in [2.75, 3.05) is 5.01 Å². The number of nitro benzene ring substituents is 1. The minimum absolute atomic E-state index is 0.0229. The average Bonchev–Trinajstić information content (AvgIpc) is 2.81. The van der Waals surface area contributed by atoms with Crippen LogP contribution in [-0.4, -0.2) is 17.0 Å². The first kappa shape index (κ1) is 13.0. The monoisotopic (exact) mass is 281 g/mol. The zero-order chi connectivity index (χ0) is 14.8. The van der Waals surface area contributed by atoms with Gasteiger partial charge in [0.25, 0.3) is 11.6 Å². The van der Waals surface area contributed by atoms with E-state index in [-0.39, 0.29) is 11.6 Å².